The van der Waals surface area contributed by atoms with Crippen molar-refractivity contribution in [2.24, 2.45) is 23.7 Å². The van der Waals surface area contributed by atoms with E-state index in [1.165, 1.54) is 17.1 Å². The van der Waals surface area contributed by atoms with Gasteiger partial charge in [0.05, 0.1) is 34.9 Å². The molecule has 2 N–H and O–H groups in total. The van der Waals surface area contributed by atoms with E-state index in [4.69, 9.17) is 14.5 Å². The lowest BCUT2D eigenvalue weighted by Gasteiger charge is -2.31. The van der Waals surface area contributed by atoms with Crippen LogP contribution in [0.5, 0.6) is 5.75 Å². The molecule has 3 aromatic rings. The molecule has 13 heteroatoms. The predicted octanol–water partition coefficient (Wildman–Crippen LogP) is 3.07. The maximum atomic E-state index is 13.2. The number of benzene rings is 1. The van der Waals surface area contributed by atoms with Crippen LogP contribution in [0.15, 0.2) is 47.3 Å². The number of esters is 2. The number of carbonyl (C=O) groups excluding carboxylic acids is 5. The minimum absolute atomic E-state index is 0.0568. The number of aliphatic hydroxyl groups is 1. The summed E-state index contributed by atoms with van der Waals surface area (Å²) in [6.07, 6.45) is 7.18. The molecule has 0 bridgehead atoms. The van der Waals surface area contributed by atoms with E-state index >= 15 is 0 Å². The molecule has 2 aromatic heterocycles. The van der Waals surface area contributed by atoms with Crippen LogP contribution < -0.4 is 15.6 Å². The summed E-state index contributed by atoms with van der Waals surface area (Å²) >= 11 is 0. The van der Waals surface area contributed by atoms with E-state index in [1.807, 2.05) is 6.07 Å². The van der Waals surface area contributed by atoms with Gasteiger partial charge >= 0.3 is 11.9 Å². The van der Waals surface area contributed by atoms with Crippen LogP contribution in [0.25, 0.3) is 22.3 Å². The molecule has 2 fully saturated rings. The number of aromatic nitrogens is 2. The molecule has 1 aromatic carbocycles. The van der Waals surface area contributed by atoms with Crippen molar-refractivity contribution >= 4 is 40.6 Å². The number of ether oxygens (including phenoxy) is 2. The predicted molar refractivity (Wildman–Crippen MR) is 181 cm³/mol. The molecule has 5 heterocycles. The fourth-order valence-corrected chi connectivity index (χ4v) is 8.24. The number of pyridine rings is 2. The summed E-state index contributed by atoms with van der Waals surface area (Å²) in [6, 6.07) is 8.79. The molecule has 13 nitrogen and oxygen atoms in total. The standard InChI is InChI=1S/C38H38N4O9/c43-31-11-12-32(44)42(31)17-21-3-5-22(6-4-21)35(46)39-16-20-1-7-23(8-2-20)37(48)51-26-9-10-29-24(14-26)13-25-18-41-30(33(25)40-29)15-27-28(36(41)47)19-50-38(49)34(27)45/h9-15,20-23,34,45H,1-8,16-19H2,(H,39,46)/t20?,21?,22?,23?,34-/m0/s1. The smallest absolute Gasteiger partial charge is 0.340 e. The van der Waals surface area contributed by atoms with Gasteiger partial charge in [-0.3, -0.25) is 28.9 Å². The number of carbonyl (C=O) groups is 5. The van der Waals surface area contributed by atoms with E-state index in [9.17, 15) is 33.9 Å². The van der Waals surface area contributed by atoms with Crippen LogP contribution in [0.2, 0.25) is 0 Å². The van der Waals surface area contributed by atoms with Crippen LogP contribution in [0, 0.1) is 23.7 Å². The van der Waals surface area contributed by atoms with E-state index in [0.717, 1.165) is 49.5 Å². The zero-order valence-corrected chi connectivity index (χ0v) is 28.0. The highest BCUT2D eigenvalue weighted by atomic mass is 16.5. The first kappa shape index (κ1) is 33.0. The molecule has 8 rings (SSSR count). The fourth-order valence-electron chi connectivity index (χ4n) is 8.24. The van der Waals surface area contributed by atoms with Crippen molar-refractivity contribution in [2.75, 3.05) is 13.1 Å². The summed E-state index contributed by atoms with van der Waals surface area (Å²) < 4.78 is 12.3. The van der Waals surface area contributed by atoms with Gasteiger partial charge in [-0.2, -0.15) is 0 Å². The molecule has 3 aliphatic heterocycles. The Morgan fingerprint density at radius 1 is 0.902 bits per heavy atom. The van der Waals surface area contributed by atoms with Gasteiger partial charge in [-0.05, 0) is 93.5 Å². The molecular formula is C38H38N4O9. The number of imide groups is 1. The minimum Gasteiger partial charge on any atom is -0.458 e. The number of nitrogens with zero attached hydrogens (tertiary/aromatic N) is 3. The summed E-state index contributed by atoms with van der Waals surface area (Å²) in [5.41, 5.74) is 2.76. The third kappa shape index (κ3) is 6.24. The van der Waals surface area contributed by atoms with Gasteiger partial charge < -0.3 is 24.5 Å². The molecular weight excluding hydrogens is 656 g/mol. The van der Waals surface area contributed by atoms with Gasteiger partial charge in [0, 0.05) is 47.7 Å². The number of fused-ring (bicyclic) bond motifs is 5. The zero-order chi connectivity index (χ0) is 35.4. The average Bonchev–Trinajstić information content (AvgIpc) is 3.66. The van der Waals surface area contributed by atoms with Crippen LogP contribution >= 0.6 is 0 Å². The summed E-state index contributed by atoms with van der Waals surface area (Å²) in [7, 11) is 0. The SMILES string of the molecule is O=C(NCC1CCC(C(=O)Oc2ccc3nc4c(cc3c2)Cn2c-4cc3c(c2=O)COC(=O)[C@H]3O)CC1)C1CCC(CN2C(=O)C=CC2=O)CC1. The molecule has 2 saturated carbocycles. The van der Waals surface area contributed by atoms with Crippen molar-refractivity contribution in [3.05, 3.63) is 69.5 Å². The van der Waals surface area contributed by atoms with Crippen molar-refractivity contribution in [2.45, 2.75) is 70.6 Å². The van der Waals surface area contributed by atoms with Gasteiger partial charge in [-0.15, -0.1) is 0 Å². The van der Waals surface area contributed by atoms with E-state index in [0.29, 0.717) is 54.5 Å². The van der Waals surface area contributed by atoms with E-state index in [-0.39, 0.29) is 71.3 Å². The molecule has 0 unspecified atom stereocenters. The van der Waals surface area contributed by atoms with Gasteiger partial charge in [-0.1, -0.05) is 0 Å². The zero-order valence-electron chi connectivity index (χ0n) is 28.0. The number of aliphatic hydroxyl groups excluding tert-OH is 1. The Balaban J connectivity index is 0.822. The van der Waals surface area contributed by atoms with Crippen LogP contribution in [0.3, 0.4) is 0 Å². The highest BCUT2D eigenvalue weighted by molar-refractivity contribution is 6.12. The number of hydrogen-bond donors (Lipinski definition) is 2. The number of amides is 3. The Hall–Kier alpha value is -5.17. The lowest BCUT2D eigenvalue weighted by molar-refractivity contribution is -0.157. The quantitative estimate of drug-likeness (QED) is 0.166. The topological polar surface area (TPSA) is 174 Å². The van der Waals surface area contributed by atoms with Crippen LogP contribution in [0.1, 0.15) is 74.2 Å². The summed E-state index contributed by atoms with van der Waals surface area (Å²) in [6.45, 7) is 1.09. The monoisotopic (exact) mass is 694 g/mol. The second-order valence-corrected chi connectivity index (χ2v) is 14.4. The fraction of sp³-hybridized carbons (Fsp3) is 0.447. The third-order valence-electron chi connectivity index (χ3n) is 11.3. The normalized spacial score (nSPS) is 25.3. The van der Waals surface area contributed by atoms with Crippen LogP contribution in [0.4, 0.5) is 0 Å². The van der Waals surface area contributed by atoms with Crippen molar-refractivity contribution in [1.82, 2.24) is 19.8 Å². The van der Waals surface area contributed by atoms with Crippen LogP contribution in [-0.4, -0.2) is 62.3 Å². The first-order chi connectivity index (χ1) is 24.6. The molecule has 264 valence electrons. The van der Waals surface area contributed by atoms with Gasteiger partial charge in [-0.25, -0.2) is 9.78 Å². The Bertz CT molecular complexity index is 2050. The number of rotatable bonds is 7. The maximum Gasteiger partial charge on any atom is 0.340 e. The number of nitrogens with one attached hydrogen (secondary N) is 1. The lowest BCUT2D eigenvalue weighted by atomic mass is 9.80. The Labute approximate surface area is 292 Å². The second kappa shape index (κ2) is 13.2. The van der Waals surface area contributed by atoms with Crippen molar-refractivity contribution in [3.8, 4) is 17.1 Å². The van der Waals surface area contributed by atoms with E-state index in [1.54, 1.807) is 28.8 Å². The van der Waals surface area contributed by atoms with Gasteiger partial charge in [0.1, 0.15) is 12.4 Å². The number of hydrogen-bond acceptors (Lipinski definition) is 10. The van der Waals surface area contributed by atoms with Crippen molar-refractivity contribution < 1.29 is 38.6 Å². The maximum absolute atomic E-state index is 13.2. The molecule has 0 spiro atoms. The first-order valence-electron chi connectivity index (χ1n) is 17.7. The highest BCUT2D eigenvalue weighted by Crippen LogP contribution is 2.37. The summed E-state index contributed by atoms with van der Waals surface area (Å²) in [4.78, 5) is 81.0. The molecule has 2 aliphatic carbocycles. The highest BCUT2D eigenvalue weighted by Gasteiger charge is 2.35. The minimum atomic E-state index is -1.51. The molecule has 5 aliphatic rings. The van der Waals surface area contributed by atoms with E-state index in [2.05, 4.69) is 5.32 Å². The van der Waals surface area contributed by atoms with Crippen molar-refractivity contribution in [1.29, 1.82) is 0 Å². The van der Waals surface area contributed by atoms with Gasteiger partial charge in [0.15, 0.2) is 6.10 Å². The van der Waals surface area contributed by atoms with E-state index < -0.39 is 12.1 Å². The average molecular weight is 695 g/mol. The summed E-state index contributed by atoms with van der Waals surface area (Å²) in [5, 5.41) is 14.2. The van der Waals surface area contributed by atoms with Gasteiger partial charge in [0.2, 0.25) is 5.91 Å². The molecule has 0 saturated heterocycles. The summed E-state index contributed by atoms with van der Waals surface area (Å²) in [5.74, 6) is -0.891. The molecule has 0 radical (unpaired) electrons. The first-order valence-corrected chi connectivity index (χ1v) is 17.7. The third-order valence-corrected chi connectivity index (χ3v) is 11.3. The Morgan fingerprint density at radius 3 is 2.35 bits per heavy atom. The Kier molecular flexibility index (Phi) is 8.53. The largest absolute Gasteiger partial charge is 0.458 e. The van der Waals surface area contributed by atoms with Crippen LogP contribution in [-0.2, 0) is 41.9 Å². The number of cyclic esters (lactones) is 1. The Morgan fingerprint density at radius 2 is 1.61 bits per heavy atom. The van der Waals surface area contributed by atoms with Crippen molar-refractivity contribution in [3.63, 3.8) is 0 Å². The van der Waals surface area contributed by atoms with Gasteiger partial charge in [0.25, 0.3) is 17.4 Å². The lowest BCUT2D eigenvalue weighted by Crippen LogP contribution is -2.39. The second-order valence-electron chi connectivity index (χ2n) is 14.4. The molecule has 3 amide bonds. The molecule has 1 atom stereocenters. The molecule has 51 heavy (non-hydrogen) atoms.